The van der Waals surface area contributed by atoms with Crippen LogP contribution in [0.15, 0.2) is 72.8 Å². The van der Waals surface area contributed by atoms with Crippen LogP contribution < -0.4 is 0 Å². The fourth-order valence-electron chi connectivity index (χ4n) is 4.54. The molecule has 1 atom stereocenters. The van der Waals surface area contributed by atoms with Gasteiger partial charge in [0.05, 0.1) is 4.83 Å². The molecule has 0 aliphatic carbocycles. The average molecular weight is 684 g/mol. The van der Waals surface area contributed by atoms with E-state index in [2.05, 4.69) is 38.8 Å². The third-order valence-corrected chi connectivity index (χ3v) is 8.86. The third kappa shape index (κ3) is 7.19. The molecule has 1 unspecified atom stereocenters. The van der Waals surface area contributed by atoms with Crippen molar-refractivity contribution in [1.29, 1.82) is 0 Å². The molecule has 0 fully saturated rings. The fourth-order valence-corrected chi connectivity index (χ4v) is 5.02. The number of hydrogen-bond donors (Lipinski definition) is 0. The van der Waals surface area contributed by atoms with Crippen LogP contribution in [-0.2, 0) is 12.8 Å². The maximum absolute atomic E-state index is 15.1. The van der Waals surface area contributed by atoms with E-state index < -0.39 is 44.9 Å². The van der Waals surface area contributed by atoms with Crippen LogP contribution in [0.3, 0.4) is 0 Å². The van der Waals surface area contributed by atoms with Gasteiger partial charge in [0.15, 0.2) is 0 Å². The Morgan fingerprint density at radius 1 is 0.650 bits per heavy atom. The first kappa shape index (κ1) is 30.4. The summed E-state index contributed by atoms with van der Waals surface area (Å²) in [5, 5.41) is 0. The maximum atomic E-state index is 15.1. The minimum Gasteiger partial charge on any atom is -0.207 e. The second-order valence-corrected chi connectivity index (χ2v) is 11.8. The molecule has 4 aromatic carbocycles. The minimum atomic E-state index is -3.38. The third-order valence-electron chi connectivity index (χ3n) is 6.80. The zero-order valence-corrected chi connectivity index (χ0v) is 24.7. The van der Waals surface area contributed by atoms with Gasteiger partial charge in [-0.15, -0.1) is 0 Å². The van der Waals surface area contributed by atoms with Gasteiger partial charge in [0.1, 0.15) is 23.3 Å². The number of aryl methyl sites for hydroxylation is 1. The van der Waals surface area contributed by atoms with Crippen LogP contribution >= 0.6 is 31.9 Å². The van der Waals surface area contributed by atoms with Gasteiger partial charge in [-0.05, 0) is 87.3 Å². The summed E-state index contributed by atoms with van der Waals surface area (Å²) in [5.74, 6) is -3.49. The van der Waals surface area contributed by atoms with E-state index in [4.69, 9.17) is 0 Å². The van der Waals surface area contributed by atoms with Crippen LogP contribution in [0.25, 0.3) is 33.4 Å². The molecule has 0 aliphatic rings. The summed E-state index contributed by atoms with van der Waals surface area (Å²) in [5.41, 5.74) is 2.46. The Labute approximate surface area is 246 Å². The Kier molecular flexibility index (Phi) is 9.83. The number of rotatable bonds is 10. The van der Waals surface area contributed by atoms with Gasteiger partial charge in [-0.1, -0.05) is 84.2 Å². The van der Waals surface area contributed by atoms with E-state index in [1.807, 2.05) is 24.3 Å². The molecular weight excluding hydrogens is 658 g/mol. The van der Waals surface area contributed by atoms with Crippen LogP contribution in [0.2, 0.25) is 0 Å². The maximum Gasteiger partial charge on any atom is 0.314 e. The summed E-state index contributed by atoms with van der Waals surface area (Å²) in [7, 11) is 0. The second kappa shape index (κ2) is 12.9. The van der Waals surface area contributed by atoms with Crippen molar-refractivity contribution in [2.45, 2.75) is 48.7 Å². The van der Waals surface area contributed by atoms with Crippen molar-refractivity contribution in [3.05, 3.63) is 107 Å². The Morgan fingerprint density at radius 2 is 1.15 bits per heavy atom. The molecule has 8 heteroatoms. The van der Waals surface area contributed by atoms with Crippen molar-refractivity contribution >= 4 is 31.9 Å². The van der Waals surface area contributed by atoms with E-state index in [9.17, 15) is 17.6 Å². The van der Waals surface area contributed by atoms with E-state index in [1.165, 1.54) is 30.2 Å². The summed E-state index contributed by atoms with van der Waals surface area (Å²) < 4.78 is 86.3. The highest BCUT2D eigenvalue weighted by Crippen LogP contribution is 2.36. The predicted octanol–water partition coefficient (Wildman–Crippen LogP) is 11.3. The van der Waals surface area contributed by atoms with Gasteiger partial charge in [-0.3, -0.25) is 0 Å². The number of halogens is 8. The van der Waals surface area contributed by atoms with Crippen LogP contribution in [0, 0.1) is 23.3 Å². The smallest absolute Gasteiger partial charge is 0.207 e. The molecule has 4 aromatic rings. The topological polar surface area (TPSA) is 0 Å². The van der Waals surface area contributed by atoms with Crippen molar-refractivity contribution < 1.29 is 26.3 Å². The van der Waals surface area contributed by atoms with Crippen molar-refractivity contribution in [3.63, 3.8) is 0 Å². The molecule has 4 rings (SSSR count). The van der Waals surface area contributed by atoms with Crippen molar-refractivity contribution in [2.24, 2.45) is 0 Å². The van der Waals surface area contributed by atoms with E-state index in [1.54, 1.807) is 12.1 Å². The van der Waals surface area contributed by atoms with Crippen molar-refractivity contribution in [1.82, 2.24) is 0 Å². The molecule has 0 N–H and O–H groups in total. The Bertz CT molecular complexity index is 1460. The van der Waals surface area contributed by atoms with Gasteiger partial charge in [0, 0.05) is 16.7 Å². The number of alkyl halides is 4. The van der Waals surface area contributed by atoms with Crippen LogP contribution in [0.4, 0.5) is 26.3 Å². The second-order valence-electron chi connectivity index (χ2n) is 9.67. The van der Waals surface area contributed by atoms with Gasteiger partial charge >= 0.3 is 4.83 Å². The Hall–Kier alpha value is -2.58. The first-order chi connectivity index (χ1) is 19.0. The van der Waals surface area contributed by atoms with Crippen molar-refractivity contribution in [3.8, 4) is 33.4 Å². The zero-order chi connectivity index (χ0) is 29.0. The lowest BCUT2D eigenvalue weighted by atomic mass is 9.95. The standard InChI is InChI=1S/C32H26Br2F6/c1-2-3-4-5-19-6-8-20(9-7-19)21-10-12-24(27(35)14-21)22-11-13-25(28(36)15-22)23-16-29(37)26(30(38)17-23)18-31(33)32(34,39)40/h6-17,31H,2-5,18H2,1H3. The van der Waals surface area contributed by atoms with Crippen LogP contribution in [0.1, 0.15) is 37.3 Å². The molecule has 0 amide bonds. The zero-order valence-electron chi connectivity index (χ0n) is 21.6. The summed E-state index contributed by atoms with van der Waals surface area (Å²) in [6, 6.07) is 18.4. The molecule has 0 aromatic heterocycles. The van der Waals surface area contributed by atoms with E-state index in [-0.39, 0.29) is 22.3 Å². The quantitative estimate of drug-likeness (QED) is 0.0886. The molecule has 0 heterocycles. The van der Waals surface area contributed by atoms with Crippen LogP contribution in [-0.4, -0.2) is 9.66 Å². The van der Waals surface area contributed by atoms with Gasteiger partial charge < -0.3 is 0 Å². The highest BCUT2D eigenvalue weighted by atomic mass is 79.9. The molecule has 0 radical (unpaired) electrons. The summed E-state index contributed by atoms with van der Waals surface area (Å²) in [4.78, 5) is -4.93. The van der Waals surface area contributed by atoms with Gasteiger partial charge in [0.25, 0.3) is 0 Å². The van der Waals surface area contributed by atoms with Gasteiger partial charge in [-0.2, -0.15) is 8.78 Å². The average Bonchev–Trinajstić information content (AvgIpc) is 2.90. The summed E-state index contributed by atoms with van der Waals surface area (Å²) in [6.45, 7) is 2.16. The molecule has 210 valence electrons. The van der Waals surface area contributed by atoms with Gasteiger partial charge in [-0.25, -0.2) is 17.6 Å². The highest BCUT2D eigenvalue weighted by molar-refractivity contribution is 9.12. The number of hydrogen-bond acceptors (Lipinski definition) is 0. The lowest BCUT2D eigenvalue weighted by Crippen LogP contribution is -2.24. The highest BCUT2D eigenvalue weighted by Gasteiger charge is 2.35. The SMILES string of the molecule is CCCCCc1ccc(-c2ccc(-c3ccc(-c4cc(F)c(CC(Br)C(F)(F)Br)c(F)c4)c(F)c3)c(F)c2)cc1. The Balaban J connectivity index is 1.55. The van der Waals surface area contributed by atoms with E-state index >= 15 is 8.78 Å². The lowest BCUT2D eigenvalue weighted by molar-refractivity contribution is 0.113. The first-order valence-corrected chi connectivity index (χ1v) is 14.6. The van der Waals surface area contributed by atoms with E-state index in [0.717, 1.165) is 43.0 Å². The minimum absolute atomic E-state index is 0.103. The molecule has 0 aliphatic heterocycles. The van der Waals surface area contributed by atoms with Crippen LogP contribution in [0.5, 0.6) is 0 Å². The predicted molar refractivity (Wildman–Crippen MR) is 156 cm³/mol. The Morgan fingerprint density at radius 3 is 1.70 bits per heavy atom. The molecular formula is C32H26Br2F6. The molecule has 0 nitrogen and oxygen atoms in total. The van der Waals surface area contributed by atoms with E-state index in [0.29, 0.717) is 5.56 Å². The number of unbranched alkanes of at least 4 members (excludes halogenated alkanes) is 2. The molecule has 0 saturated heterocycles. The summed E-state index contributed by atoms with van der Waals surface area (Å²) >= 11 is 4.89. The first-order valence-electron chi connectivity index (χ1n) is 12.9. The number of benzene rings is 4. The molecule has 40 heavy (non-hydrogen) atoms. The lowest BCUT2D eigenvalue weighted by Gasteiger charge is -2.17. The normalized spacial score (nSPS) is 12.5. The fraction of sp³-hybridized carbons (Fsp3) is 0.250. The van der Waals surface area contributed by atoms with Crippen molar-refractivity contribution in [2.75, 3.05) is 0 Å². The van der Waals surface area contributed by atoms with Gasteiger partial charge in [0.2, 0.25) is 0 Å². The monoisotopic (exact) mass is 682 g/mol. The molecule has 0 bridgehead atoms. The molecule has 0 spiro atoms. The summed E-state index contributed by atoms with van der Waals surface area (Å²) in [6.07, 6.45) is 3.83. The molecule has 0 saturated carbocycles. The largest absolute Gasteiger partial charge is 0.314 e.